The molecule has 2 amide bonds. The monoisotopic (exact) mass is 476 g/mol. The van der Waals surface area contributed by atoms with Gasteiger partial charge in [0.2, 0.25) is 0 Å². The van der Waals surface area contributed by atoms with Crippen molar-refractivity contribution in [1.29, 1.82) is 0 Å². The van der Waals surface area contributed by atoms with Crippen LogP contribution < -0.4 is 16.4 Å². The van der Waals surface area contributed by atoms with E-state index < -0.39 is 17.8 Å². The zero-order chi connectivity index (χ0) is 23.6. The minimum Gasteiger partial charge on any atom is -0.382 e. The van der Waals surface area contributed by atoms with Gasteiger partial charge >= 0.3 is 12.2 Å². The first-order valence-electron chi connectivity index (χ1n) is 10.1. The molecule has 0 fully saturated rings. The fourth-order valence-electron chi connectivity index (χ4n) is 3.55. The van der Waals surface area contributed by atoms with E-state index in [-0.39, 0.29) is 10.7 Å². The molecule has 4 aromatic rings. The number of imidazole rings is 1. The van der Waals surface area contributed by atoms with Crippen molar-refractivity contribution in [2.45, 2.75) is 25.6 Å². The Morgan fingerprint density at radius 2 is 1.94 bits per heavy atom. The lowest BCUT2D eigenvalue weighted by atomic mass is 10.2. The largest absolute Gasteiger partial charge is 0.416 e. The number of amides is 2. The molecule has 4 N–H and O–H groups in total. The highest BCUT2D eigenvalue weighted by atomic mass is 35.5. The van der Waals surface area contributed by atoms with Gasteiger partial charge in [-0.1, -0.05) is 29.8 Å². The van der Waals surface area contributed by atoms with Crippen LogP contribution in [0.25, 0.3) is 21.9 Å². The minimum atomic E-state index is -4.53. The number of aromatic nitrogens is 3. The first kappa shape index (κ1) is 22.7. The Labute approximate surface area is 191 Å². The van der Waals surface area contributed by atoms with E-state index in [4.69, 9.17) is 17.3 Å². The van der Waals surface area contributed by atoms with E-state index in [1.807, 2.05) is 28.8 Å². The molecule has 0 atom stereocenters. The number of unbranched alkanes of at least 4 members (excludes halogenated alkanes) is 1. The predicted octanol–water partition coefficient (Wildman–Crippen LogP) is 5.44. The van der Waals surface area contributed by atoms with Crippen molar-refractivity contribution in [1.82, 2.24) is 19.9 Å². The number of para-hydroxylation sites is 1. The van der Waals surface area contributed by atoms with Crippen LogP contribution in [0.3, 0.4) is 0 Å². The zero-order valence-corrected chi connectivity index (χ0v) is 18.0. The number of fused-ring (bicyclic) bond motifs is 3. The first-order chi connectivity index (χ1) is 15.7. The third-order valence-electron chi connectivity index (χ3n) is 5.13. The summed E-state index contributed by atoms with van der Waals surface area (Å²) in [7, 11) is 0. The SMILES string of the molecule is Nc1nc2ccccc2c2c1ncn2CCCCNC(=O)Nc1cc(C(F)(F)F)ccc1Cl. The molecule has 2 aromatic heterocycles. The van der Waals surface area contributed by atoms with Crippen molar-refractivity contribution >= 4 is 51.1 Å². The molecule has 0 aliphatic carbocycles. The van der Waals surface area contributed by atoms with Crippen molar-refractivity contribution in [3.05, 3.63) is 59.4 Å². The molecule has 0 saturated carbocycles. The molecular formula is C22H20ClF3N6O. The maximum absolute atomic E-state index is 12.9. The van der Waals surface area contributed by atoms with Gasteiger partial charge in [0, 0.05) is 18.5 Å². The number of nitrogens with zero attached hydrogens (tertiary/aromatic N) is 3. The summed E-state index contributed by atoms with van der Waals surface area (Å²) < 4.78 is 40.6. The summed E-state index contributed by atoms with van der Waals surface area (Å²) in [5.41, 5.74) is 7.38. The molecule has 2 heterocycles. The molecule has 0 spiro atoms. The summed E-state index contributed by atoms with van der Waals surface area (Å²) >= 11 is 5.90. The van der Waals surface area contributed by atoms with Gasteiger partial charge in [-0.05, 0) is 37.1 Å². The fourth-order valence-corrected chi connectivity index (χ4v) is 3.71. The molecule has 2 aromatic carbocycles. The average molecular weight is 477 g/mol. The number of alkyl halides is 3. The summed E-state index contributed by atoms with van der Waals surface area (Å²) in [5, 5.41) is 5.96. The second kappa shape index (κ2) is 9.14. The van der Waals surface area contributed by atoms with Crippen LogP contribution in [0.4, 0.5) is 29.5 Å². The maximum Gasteiger partial charge on any atom is 0.416 e. The van der Waals surface area contributed by atoms with Gasteiger partial charge in [-0.15, -0.1) is 0 Å². The number of nitrogen functional groups attached to an aromatic ring is 1. The molecule has 0 radical (unpaired) electrons. The van der Waals surface area contributed by atoms with Gasteiger partial charge in [0.05, 0.1) is 33.6 Å². The second-order valence-corrected chi connectivity index (χ2v) is 7.84. The van der Waals surface area contributed by atoms with E-state index in [1.54, 1.807) is 6.33 Å². The Hall–Kier alpha value is -3.53. The molecular weight excluding hydrogens is 457 g/mol. The predicted molar refractivity (Wildman–Crippen MR) is 122 cm³/mol. The van der Waals surface area contributed by atoms with Gasteiger partial charge in [0.25, 0.3) is 0 Å². The molecule has 0 aliphatic heterocycles. The molecule has 33 heavy (non-hydrogen) atoms. The van der Waals surface area contributed by atoms with E-state index in [0.29, 0.717) is 30.8 Å². The molecule has 172 valence electrons. The zero-order valence-electron chi connectivity index (χ0n) is 17.3. The van der Waals surface area contributed by atoms with Crippen LogP contribution in [-0.4, -0.2) is 27.1 Å². The molecule has 0 saturated heterocycles. The van der Waals surface area contributed by atoms with Crippen LogP contribution in [0.2, 0.25) is 5.02 Å². The van der Waals surface area contributed by atoms with Crippen molar-refractivity contribution in [2.75, 3.05) is 17.6 Å². The van der Waals surface area contributed by atoms with Crippen LogP contribution in [0.15, 0.2) is 48.8 Å². The number of rotatable bonds is 6. The Morgan fingerprint density at radius 1 is 1.15 bits per heavy atom. The number of anilines is 2. The van der Waals surface area contributed by atoms with E-state index >= 15 is 0 Å². The molecule has 0 bridgehead atoms. The summed E-state index contributed by atoms with van der Waals surface area (Å²) in [4.78, 5) is 20.8. The molecule has 4 rings (SSSR count). The van der Waals surface area contributed by atoms with E-state index in [1.165, 1.54) is 0 Å². The lowest BCUT2D eigenvalue weighted by Gasteiger charge is -2.12. The summed E-state index contributed by atoms with van der Waals surface area (Å²) in [6.45, 7) is 0.978. The van der Waals surface area contributed by atoms with Gasteiger partial charge < -0.3 is 20.9 Å². The number of halogens is 4. The van der Waals surface area contributed by atoms with Crippen LogP contribution in [-0.2, 0) is 12.7 Å². The van der Waals surface area contributed by atoms with Gasteiger partial charge in [-0.3, -0.25) is 0 Å². The number of carbonyl (C=O) groups is 1. The number of urea groups is 1. The number of nitrogens with two attached hydrogens (primary N) is 1. The third kappa shape index (κ3) is 4.95. The highest BCUT2D eigenvalue weighted by molar-refractivity contribution is 6.33. The van der Waals surface area contributed by atoms with E-state index in [2.05, 4.69) is 20.6 Å². The Kier molecular flexibility index (Phi) is 6.28. The number of hydrogen-bond acceptors (Lipinski definition) is 4. The summed E-state index contributed by atoms with van der Waals surface area (Å²) in [6.07, 6.45) is -1.44. The smallest absolute Gasteiger partial charge is 0.382 e. The lowest BCUT2D eigenvalue weighted by Crippen LogP contribution is -2.29. The topological polar surface area (TPSA) is 97.9 Å². The van der Waals surface area contributed by atoms with E-state index in [9.17, 15) is 18.0 Å². The van der Waals surface area contributed by atoms with Crippen molar-refractivity contribution in [2.24, 2.45) is 0 Å². The second-order valence-electron chi connectivity index (χ2n) is 7.43. The van der Waals surface area contributed by atoms with Crippen molar-refractivity contribution < 1.29 is 18.0 Å². The van der Waals surface area contributed by atoms with Crippen molar-refractivity contribution in [3.8, 4) is 0 Å². The quantitative estimate of drug-likeness (QED) is 0.323. The van der Waals surface area contributed by atoms with Gasteiger partial charge in [0.1, 0.15) is 5.52 Å². The normalized spacial score (nSPS) is 11.8. The van der Waals surface area contributed by atoms with Gasteiger partial charge in [0.15, 0.2) is 5.82 Å². The number of aryl methyl sites for hydroxylation is 1. The molecule has 0 unspecified atom stereocenters. The van der Waals surface area contributed by atoms with Crippen LogP contribution >= 0.6 is 11.6 Å². The Bertz CT molecular complexity index is 1320. The van der Waals surface area contributed by atoms with Gasteiger partial charge in [-0.2, -0.15) is 13.2 Å². The standard InChI is InChI=1S/C22H20ClF3N6O/c23-15-8-7-13(22(24,25)26)11-17(15)31-21(33)28-9-3-4-10-32-12-29-18-19(32)14-5-1-2-6-16(14)30-20(18)27/h1-2,5-8,11-12H,3-4,9-10H2,(H2,27,30)(H2,28,31,33). The number of pyridine rings is 1. The minimum absolute atomic E-state index is 0.0196. The van der Waals surface area contributed by atoms with Gasteiger partial charge in [-0.25, -0.2) is 14.8 Å². The fraction of sp³-hybridized carbons (Fsp3) is 0.227. The summed E-state index contributed by atoms with van der Waals surface area (Å²) in [5.74, 6) is 0.369. The molecule has 7 nitrogen and oxygen atoms in total. The number of benzene rings is 2. The van der Waals surface area contributed by atoms with Crippen LogP contribution in [0, 0.1) is 0 Å². The lowest BCUT2D eigenvalue weighted by molar-refractivity contribution is -0.137. The highest BCUT2D eigenvalue weighted by Crippen LogP contribution is 2.33. The molecule has 11 heteroatoms. The highest BCUT2D eigenvalue weighted by Gasteiger charge is 2.31. The number of carbonyl (C=O) groups excluding carboxylic acids is 1. The van der Waals surface area contributed by atoms with E-state index in [0.717, 1.165) is 41.0 Å². The summed E-state index contributed by atoms with van der Waals surface area (Å²) in [6, 6.07) is 9.81. The first-order valence-corrected chi connectivity index (χ1v) is 10.5. The third-order valence-corrected chi connectivity index (χ3v) is 5.46. The molecule has 0 aliphatic rings. The Morgan fingerprint density at radius 3 is 2.73 bits per heavy atom. The van der Waals surface area contributed by atoms with Crippen LogP contribution in [0.1, 0.15) is 18.4 Å². The number of nitrogens with one attached hydrogen (secondary N) is 2. The Balaban J connectivity index is 1.33. The van der Waals surface area contributed by atoms with Crippen molar-refractivity contribution in [3.63, 3.8) is 0 Å². The van der Waals surface area contributed by atoms with Crippen LogP contribution in [0.5, 0.6) is 0 Å². The average Bonchev–Trinajstić information content (AvgIpc) is 3.19. The number of hydrogen-bond donors (Lipinski definition) is 3. The maximum atomic E-state index is 12.9.